The molecule has 0 aromatic carbocycles. The van der Waals surface area contributed by atoms with Crippen LogP contribution in [0, 0.1) is 0 Å². The number of ketones is 2. The fourth-order valence-corrected chi connectivity index (χ4v) is 1.20. The normalized spacial score (nSPS) is 11.5. The summed E-state index contributed by atoms with van der Waals surface area (Å²) in [6.45, 7) is 3.18. The molecule has 1 unspecified atom stereocenters. The maximum Gasteiger partial charge on any atom is 0.313 e. The highest BCUT2D eigenvalue weighted by molar-refractivity contribution is 5.94. The van der Waals surface area contributed by atoms with Crippen LogP contribution in [-0.4, -0.2) is 48.9 Å². The first-order valence-corrected chi connectivity index (χ1v) is 6.90. The summed E-state index contributed by atoms with van der Waals surface area (Å²) >= 11 is 0. The second-order valence-corrected chi connectivity index (χ2v) is 4.44. The highest BCUT2D eigenvalue weighted by atomic mass is 16.5. The minimum Gasteiger partial charge on any atom is -0.469 e. The number of hydrogen-bond donors (Lipinski definition) is 1. The molecule has 0 aliphatic rings. The SMILES string of the molecule is CC=CC=CC(=O)CC(O)CC(=O)OC.COC(=O)CC(C)=O. The van der Waals surface area contributed by atoms with Crippen molar-refractivity contribution in [2.45, 2.75) is 39.2 Å². The molecule has 0 aromatic rings. The van der Waals surface area contributed by atoms with E-state index >= 15 is 0 Å². The van der Waals surface area contributed by atoms with Gasteiger partial charge in [0.2, 0.25) is 0 Å². The van der Waals surface area contributed by atoms with E-state index in [-0.39, 0.29) is 30.8 Å². The van der Waals surface area contributed by atoms with Crippen LogP contribution in [0.2, 0.25) is 0 Å². The van der Waals surface area contributed by atoms with Crippen molar-refractivity contribution in [1.29, 1.82) is 0 Å². The molecule has 0 heterocycles. The van der Waals surface area contributed by atoms with E-state index < -0.39 is 18.0 Å². The van der Waals surface area contributed by atoms with Crippen molar-refractivity contribution in [3.05, 3.63) is 24.3 Å². The molecule has 130 valence electrons. The third-order valence-electron chi connectivity index (χ3n) is 2.27. The van der Waals surface area contributed by atoms with Gasteiger partial charge in [0.15, 0.2) is 5.78 Å². The van der Waals surface area contributed by atoms with Crippen molar-refractivity contribution < 1.29 is 33.8 Å². The molecule has 1 atom stereocenters. The minimum atomic E-state index is -0.972. The van der Waals surface area contributed by atoms with Crippen LogP contribution < -0.4 is 0 Å². The van der Waals surface area contributed by atoms with E-state index in [0.29, 0.717) is 0 Å². The molecule has 7 nitrogen and oxygen atoms in total. The van der Waals surface area contributed by atoms with Crippen LogP contribution in [0.15, 0.2) is 24.3 Å². The van der Waals surface area contributed by atoms with Gasteiger partial charge in [0.05, 0.1) is 26.7 Å². The number of Topliss-reactive ketones (excluding diaryl/α,β-unsaturated/α-hetero) is 1. The third kappa shape index (κ3) is 17.7. The van der Waals surface area contributed by atoms with Crippen molar-refractivity contribution in [3.8, 4) is 0 Å². The van der Waals surface area contributed by atoms with Crippen LogP contribution in [0.1, 0.15) is 33.1 Å². The lowest BCUT2D eigenvalue weighted by molar-refractivity contribution is -0.144. The van der Waals surface area contributed by atoms with Gasteiger partial charge in [-0.3, -0.25) is 19.2 Å². The Kier molecular flexibility index (Phi) is 14.6. The van der Waals surface area contributed by atoms with E-state index in [1.54, 1.807) is 18.2 Å². The summed E-state index contributed by atoms with van der Waals surface area (Å²) in [7, 11) is 2.49. The molecule has 1 N–H and O–H groups in total. The lowest BCUT2D eigenvalue weighted by Crippen LogP contribution is -2.17. The van der Waals surface area contributed by atoms with E-state index in [2.05, 4.69) is 9.47 Å². The Balaban J connectivity index is 0. The number of allylic oxidation sites excluding steroid dienone is 4. The number of carbonyl (C=O) groups excluding carboxylic acids is 4. The number of carbonyl (C=O) groups is 4. The molecule has 7 heteroatoms. The number of rotatable bonds is 8. The number of aliphatic hydroxyl groups excluding tert-OH is 1. The van der Waals surface area contributed by atoms with Gasteiger partial charge in [0.1, 0.15) is 12.2 Å². The Hall–Kier alpha value is -2.28. The highest BCUT2D eigenvalue weighted by Crippen LogP contribution is 2.01. The molecule has 0 spiro atoms. The zero-order chi connectivity index (χ0) is 18.3. The average molecular weight is 328 g/mol. The summed E-state index contributed by atoms with van der Waals surface area (Å²) < 4.78 is 8.56. The summed E-state index contributed by atoms with van der Waals surface area (Å²) in [5.41, 5.74) is 0. The van der Waals surface area contributed by atoms with Crippen LogP contribution in [0.25, 0.3) is 0 Å². The number of hydrogen-bond acceptors (Lipinski definition) is 7. The summed E-state index contributed by atoms with van der Waals surface area (Å²) in [6.07, 6.45) is 5.15. The summed E-state index contributed by atoms with van der Waals surface area (Å²) in [5, 5.41) is 9.30. The van der Waals surface area contributed by atoms with Crippen LogP contribution >= 0.6 is 0 Å². The van der Waals surface area contributed by atoms with Crippen LogP contribution in [-0.2, 0) is 28.7 Å². The molecule has 0 saturated heterocycles. The highest BCUT2D eigenvalue weighted by Gasteiger charge is 2.13. The zero-order valence-electron chi connectivity index (χ0n) is 13.9. The van der Waals surface area contributed by atoms with E-state index in [1.807, 2.05) is 6.92 Å². The van der Waals surface area contributed by atoms with Crippen molar-refractivity contribution >= 4 is 23.5 Å². The third-order valence-corrected chi connectivity index (χ3v) is 2.27. The second kappa shape index (κ2) is 14.6. The quantitative estimate of drug-likeness (QED) is 0.308. The number of esters is 2. The van der Waals surface area contributed by atoms with Crippen LogP contribution in [0.5, 0.6) is 0 Å². The topological polar surface area (TPSA) is 107 Å². The molecule has 0 aliphatic heterocycles. The Labute approximate surface area is 136 Å². The maximum atomic E-state index is 11.2. The van der Waals surface area contributed by atoms with Gasteiger partial charge in [-0.25, -0.2) is 0 Å². The molecular formula is C16H24O7. The van der Waals surface area contributed by atoms with Gasteiger partial charge in [0, 0.05) is 6.42 Å². The molecule has 0 saturated carbocycles. The van der Waals surface area contributed by atoms with Gasteiger partial charge in [-0.05, 0) is 19.9 Å². The molecule has 0 aromatic heterocycles. The predicted octanol–water partition coefficient (Wildman–Crippen LogP) is 1.14. The fraction of sp³-hybridized carbons (Fsp3) is 0.500. The summed E-state index contributed by atoms with van der Waals surface area (Å²) in [6, 6.07) is 0. The predicted molar refractivity (Wildman–Crippen MR) is 83.5 cm³/mol. The first kappa shape index (κ1) is 23.0. The fourth-order valence-electron chi connectivity index (χ4n) is 1.20. The lowest BCUT2D eigenvalue weighted by Gasteiger charge is -2.05. The van der Waals surface area contributed by atoms with Gasteiger partial charge < -0.3 is 14.6 Å². The second-order valence-electron chi connectivity index (χ2n) is 4.44. The summed E-state index contributed by atoms with van der Waals surface area (Å²) in [4.78, 5) is 42.2. The van der Waals surface area contributed by atoms with Crippen molar-refractivity contribution in [1.82, 2.24) is 0 Å². The molecule has 0 amide bonds. The van der Waals surface area contributed by atoms with E-state index in [9.17, 15) is 24.3 Å². The van der Waals surface area contributed by atoms with Crippen molar-refractivity contribution in [3.63, 3.8) is 0 Å². The van der Waals surface area contributed by atoms with Gasteiger partial charge in [-0.1, -0.05) is 18.2 Å². The zero-order valence-corrected chi connectivity index (χ0v) is 13.9. The van der Waals surface area contributed by atoms with Crippen molar-refractivity contribution in [2.24, 2.45) is 0 Å². The van der Waals surface area contributed by atoms with E-state index in [1.165, 1.54) is 27.2 Å². The van der Waals surface area contributed by atoms with Gasteiger partial charge >= 0.3 is 11.9 Å². The monoisotopic (exact) mass is 328 g/mol. The number of methoxy groups -OCH3 is 2. The van der Waals surface area contributed by atoms with E-state index in [0.717, 1.165) is 0 Å². The summed E-state index contributed by atoms with van der Waals surface area (Å²) in [5.74, 6) is -1.38. The smallest absolute Gasteiger partial charge is 0.313 e. The van der Waals surface area contributed by atoms with Gasteiger partial charge in [-0.2, -0.15) is 0 Å². The largest absolute Gasteiger partial charge is 0.469 e. The average Bonchev–Trinajstić information content (AvgIpc) is 2.47. The molecule has 0 fully saturated rings. The van der Waals surface area contributed by atoms with Crippen LogP contribution in [0.3, 0.4) is 0 Å². The Morgan fingerprint density at radius 1 is 1.00 bits per heavy atom. The first-order chi connectivity index (χ1) is 10.8. The molecule has 23 heavy (non-hydrogen) atoms. The Morgan fingerprint density at radius 3 is 1.96 bits per heavy atom. The lowest BCUT2D eigenvalue weighted by atomic mass is 10.1. The molecule has 0 radical (unpaired) electrons. The molecule has 0 rings (SSSR count). The van der Waals surface area contributed by atoms with Crippen molar-refractivity contribution in [2.75, 3.05) is 14.2 Å². The van der Waals surface area contributed by atoms with E-state index in [4.69, 9.17) is 0 Å². The number of ether oxygens (including phenoxy) is 2. The van der Waals surface area contributed by atoms with Gasteiger partial charge in [0.25, 0.3) is 0 Å². The Morgan fingerprint density at radius 2 is 1.57 bits per heavy atom. The number of aliphatic hydroxyl groups is 1. The maximum absolute atomic E-state index is 11.2. The molecular weight excluding hydrogens is 304 g/mol. The molecule has 0 bridgehead atoms. The Bertz CT molecular complexity index is 449. The standard InChI is InChI=1S/C11H16O4.C5H8O3/c1-3-4-5-6-9(12)7-10(13)8-11(14)15-2;1-4(6)3-5(7)8-2/h3-6,10,13H,7-8H2,1-2H3;3H2,1-2H3. The minimum absolute atomic E-state index is 0.0663. The molecule has 0 aliphatic carbocycles. The van der Waals surface area contributed by atoms with Gasteiger partial charge in [-0.15, -0.1) is 0 Å². The first-order valence-electron chi connectivity index (χ1n) is 6.90. The van der Waals surface area contributed by atoms with Crippen LogP contribution in [0.4, 0.5) is 0 Å².